The topological polar surface area (TPSA) is 23.6 Å². The quantitative estimate of drug-likeness (QED) is 0.350. The predicted molar refractivity (Wildman–Crippen MR) is 140 cm³/mol. The van der Waals surface area contributed by atoms with Crippen LogP contribution in [0.2, 0.25) is 0 Å². The van der Waals surface area contributed by atoms with Crippen LogP contribution in [0.3, 0.4) is 0 Å². The fourth-order valence-electron chi connectivity index (χ4n) is 4.71. The van der Waals surface area contributed by atoms with Crippen LogP contribution in [-0.2, 0) is 13.0 Å². The number of carbonyl (C=O) groups excluding carboxylic acids is 1. The molecule has 0 spiro atoms. The first-order valence-electron chi connectivity index (χ1n) is 13.1. The molecule has 1 heterocycles. The van der Waals surface area contributed by atoms with Crippen molar-refractivity contribution in [3.8, 4) is 0 Å². The fourth-order valence-corrected chi connectivity index (χ4v) is 4.71. The van der Waals surface area contributed by atoms with Gasteiger partial charge < -0.3 is 9.80 Å². The zero-order valence-corrected chi connectivity index (χ0v) is 21.4. The van der Waals surface area contributed by atoms with Crippen LogP contribution in [-0.4, -0.2) is 41.4 Å². The number of aryl methyl sites for hydroxylation is 2. The summed E-state index contributed by atoms with van der Waals surface area (Å²) in [6.45, 7) is 13.0. The summed E-state index contributed by atoms with van der Waals surface area (Å²) in [6, 6.07) is 17.3. The maximum atomic E-state index is 13.7. The second-order valence-corrected chi connectivity index (χ2v) is 10.3. The molecule has 0 N–H and O–H groups in total. The van der Waals surface area contributed by atoms with Gasteiger partial charge in [-0.25, -0.2) is 0 Å². The molecule has 0 atom stereocenters. The van der Waals surface area contributed by atoms with Gasteiger partial charge in [-0.2, -0.15) is 0 Å². The van der Waals surface area contributed by atoms with Crippen molar-refractivity contribution >= 4 is 5.91 Å². The number of piperidine rings is 1. The van der Waals surface area contributed by atoms with E-state index in [4.69, 9.17) is 0 Å². The van der Waals surface area contributed by atoms with Crippen LogP contribution in [0.15, 0.2) is 48.5 Å². The normalized spacial score (nSPS) is 15.2. The Balaban J connectivity index is 1.70. The highest BCUT2D eigenvalue weighted by atomic mass is 16.2. The van der Waals surface area contributed by atoms with Crippen molar-refractivity contribution in [3.63, 3.8) is 0 Å². The molecular formula is C30H44N2O. The van der Waals surface area contributed by atoms with Gasteiger partial charge in [-0.05, 0) is 74.8 Å². The van der Waals surface area contributed by atoms with Gasteiger partial charge in [0, 0.05) is 31.2 Å². The number of amides is 1. The largest absolute Gasteiger partial charge is 0.331 e. The van der Waals surface area contributed by atoms with Crippen LogP contribution in [0, 0.1) is 12.8 Å². The summed E-state index contributed by atoms with van der Waals surface area (Å²) in [5, 5.41) is 0. The standard InChI is InChI=1S/C30H44N2O/c1-5-6-7-8-26-13-15-28(16-14-26)30(33)32(23-27-11-9-25(4)10-12-27)29-18-21-31(22-19-29)20-17-24(2)3/h9-16,24,29H,5-8,17-23H2,1-4H3. The molecule has 1 aliphatic rings. The van der Waals surface area contributed by atoms with Crippen molar-refractivity contribution in [2.75, 3.05) is 19.6 Å². The molecule has 1 saturated heterocycles. The van der Waals surface area contributed by atoms with Gasteiger partial charge in [0.05, 0.1) is 0 Å². The van der Waals surface area contributed by atoms with E-state index in [-0.39, 0.29) is 5.91 Å². The highest BCUT2D eigenvalue weighted by molar-refractivity contribution is 5.94. The van der Waals surface area contributed by atoms with Gasteiger partial charge in [-0.3, -0.25) is 4.79 Å². The summed E-state index contributed by atoms with van der Waals surface area (Å²) in [5.41, 5.74) is 4.63. The molecule has 0 saturated carbocycles. The van der Waals surface area contributed by atoms with Gasteiger partial charge in [-0.15, -0.1) is 0 Å². The Labute approximate surface area is 202 Å². The molecule has 0 aromatic heterocycles. The maximum absolute atomic E-state index is 13.7. The highest BCUT2D eigenvalue weighted by Crippen LogP contribution is 2.23. The minimum atomic E-state index is 0.177. The minimum absolute atomic E-state index is 0.177. The second-order valence-electron chi connectivity index (χ2n) is 10.3. The van der Waals surface area contributed by atoms with Gasteiger partial charge in [-0.1, -0.05) is 75.6 Å². The monoisotopic (exact) mass is 448 g/mol. The smallest absolute Gasteiger partial charge is 0.254 e. The number of nitrogens with zero attached hydrogens (tertiary/aromatic N) is 2. The van der Waals surface area contributed by atoms with E-state index in [9.17, 15) is 4.79 Å². The minimum Gasteiger partial charge on any atom is -0.331 e. The summed E-state index contributed by atoms with van der Waals surface area (Å²) in [6.07, 6.45) is 8.20. The maximum Gasteiger partial charge on any atom is 0.254 e. The lowest BCUT2D eigenvalue weighted by molar-refractivity contribution is 0.0546. The van der Waals surface area contributed by atoms with E-state index in [0.29, 0.717) is 12.6 Å². The average Bonchev–Trinajstić information content (AvgIpc) is 2.83. The SMILES string of the molecule is CCCCCc1ccc(C(=O)N(Cc2ccc(C)cc2)C2CCN(CCC(C)C)CC2)cc1. The molecule has 1 fully saturated rings. The molecule has 2 aromatic carbocycles. The summed E-state index contributed by atoms with van der Waals surface area (Å²) in [4.78, 5) is 18.4. The number of benzene rings is 2. The van der Waals surface area contributed by atoms with Crippen LogP contribution in [0.4, 0.5) is 0 Å². The van der Waals surface area contributed by atoms with Gasteiger partial charge >= 0.3 is 0 Å². The highest BCUT2D eigenvalue weighted by Gasteiger charge is 2.28. The molecule has 33 heavy (non-hydrogen) atoms. The van der Waals surface area contributed by atoms with Gasteiger partial charge in [0.15, 0.2) is 0 Å². The number of rotatable bonds is 11. The lowest BCUT2D eigenvalue weighted by Crippen LogP contribution is -2.47. The third-order valence-corrected chi connectivity index (χ3v) is 7.02. The van der Waals surface area contributed by atoms with Crippen molar-refractivity contribution < 1.29 is 4.79 Å². The third kappa shape index (κ3) is 7.99. The number of unbranched alkanes of at least 4 members (excludes halogenated alkanes) is 2. The van der Waals surface area contributed by atoms with E-state index < -0.39 is 0 Å². The van der Waals surface area contributed by atoms with Crippen LogP contribution in [0.25, 0.3) is 0 Å². The lowest BCUT2D eigenvalue weighted by atomic mass is 9.99. The van der Waals surface area contributed by atoms with Crippen molar-refractivity contribution in [1.29, 1.82) is 0 Å². The van der Waals surface area contributed by atoms with E-state index in [1.54, 1.807) is 0 Å². The Morgan fingerprint density at radius 2 is 1.61 bits per heavy atom. The van der Waals surface area contributed by atoms with Crippen LogP contribution in [0.1, 0.15) is 86.3 Å². The Kier molecular flexibility index (Phi) is 9.99. The molecule has 3 heteroatoms. The van der Waals surface area contributed by atoms with Crippen molar-refractivity contribution in [3.05, 3.63) is 70.8 Å². The molecule has 1 amide bonds. The Morgan fingerprint density at radius 1 is 0.970 bits per heavy atom. The lowest BCUT2D eigenvalue weighted by Gasteiger charge is -2.39. The van der Waals surface area contributed by atoms with Crippen molar-refractivity contribution in [2.24, 2.45) is 5.92 Å². The summed E-state index contributed by atoms with van der Waals surface area (Å²) in [7, 11) is 0. The van der Waals surface area contributed by atoms with E-state index in [0.717, 1.165) is 43.8 Å². The summed E-state index contributed by atoms with van der Waals surface area (Å²) < 4.78 is 0. The second kappa shape index (κ2) is 12.9. The van der Waals surface area contributed by atoms with Crippen LogP contribution >= 0.6 is 0 Å². The fraction of sp³-hybridized carbons (Fsp3) is 0.567. The number of carbonyl (C=O) groups is 1. The molecule has 180 valence electrons. The summed E-state index contributed by atoms with van der Waals surface area (Å²) >= 11 is 0. The first-order valence-corrected chi connectivity index (χ1v) is 13.1. The number of hydrogen-bond donors (Lipinski definition) is 0. The number of hydrogen-bond acceptors (Lipinski definition) is 2. The van der Waals surface area contributed by atoms with Gasteiger partial charge in [0.1, 0.15) is 0 Å². The molecule has 0 aliphatic carbocycles. The average molecular weight is 449 g/mol. The molecule has 2 aromatic rings. The van der Waals surface area contributed by atoms with Crippen LogP contribution in [0.5, 0.6) is 0 Å². The summed E-state index contributed by atoms with van der Waals surface area (Å²) in [5.74, 6) is 0.920. The van der Waals surface area contributed by atoms with E-state index in [1.807, 2.05) is 12.1 Å². The molecule has 0 radical (unpaired) electrons. The predicted octanol–water partition coefficient (Wildman–Crippen LogP) is 6.88. The van der Waals surface area contributed by atoms with Crippen molar-refractivity contribution in [2.45, 2.75) is 85.2 Å². The van der Waals surface area contributed by atoms with Crippen molar-refractivity contribution in [1.82, 2.24) is 9.80 Å². The number of likely N-dealkylation sites (tertiary alicyclic amines) is 1. The molecule has 1 aliphatic heterocycles. The first-order chi connectivity index (χ1) is 16.0. The molecule has 3 rings (SSSR count). The third-order valence-electron chi connectivity index (χ3n) is 7.02. The van der Waals surface area contributed by atoms with Gasteiger partial charge in [0.2, 0.25) is 0 Å². The van der Waals surface area contributed by atoms with E-state index in [2.05, 4.69) is 73.9 Å². The first kappa shape index (κ1) is 25.5. The zero-order valence-electron chi connectivity index (χ0n) is 21.4. The Morgan fingerprint density at radius 3 is 2.21 bits per heavy atom. The molecule has 0 unspecified atom stereocenters. The zero-order chi connectivity index (χ0) is 23.6. The Hall–Kier alpha value is -2.13. The van der Waals surface area contributed by atoms with E-state index >= 15 is 0 Å². The molecule has 3 nitrogen and oxygen atoms in total. The van der Waals surface area contributed by atoms with Gasteiger partial charge in [0.25, 0.3) is 5.91 Å². The van der Waals surface area contributed by atoms with E-state index in [1.165, 1.54) is 48.9 Å². The Bertz CT molecular complexity index is 833. The molecular weight excluding hydrogens is 404 g/mol. The van der Waals surface area contributed by atoms with Crippen LogP contribution < -0.4 is 0 Å². The molecule has 0 bridgehead atoms.